The summed E-state index contributed by atoms with van der Waals surface area (Å²) in [6.45, 7) is 20.0. The fraction of sp³-hybridized carbons (Fsp3) is 0.933. The molecule has 32 heavy (non-hydrogen) atoms. The van der Waals surface area contributed by atoms with E-state index in [-0.39, 0.29) is 38.7 Å². The Bertz CT molecular complexity index is 844. The lowest BCUT2D eigenvalue weighted by Crippen LogP contribution is -2.77. The zero-order chi connectivity index (χ0) is 23.5. The summed E-state index contributed by atoms with van der Waals surface area (Å²) < 4.78 is 0. The average Bonchev–Trinajstić information content (AvgIpc) is 2.73. The van der Waals surface area contributed by atoms with Gasteiger partial charge in [-0.15, -0.1) is 0 Å². The molecule has 0 aromatic carbocycles. The highest BCUT2D eigenvalue weighted by atomic mass is 16.3. The number of hydrogen-bond acceptors (Lipinski definition) is 2. The van der Waals surface area contributed by atoms with Gasteiger partial charge < -0.3 is 10.8 Å². The van der Waals surface area contributed by atoms with E-state index in [2.05, 4.69) is 55.4 Å². The van der Waals surface area contributed by atoms with E-state index in [0.717, 1.165) is 18.8 Å². The number of aliphatic hydroxyl groups excluding tert-OH is 1. The minimum atomic E-state index is -0.153. The van der Waals surface area contributed by atoms with E-state index >= 15 is 0 Å². The van der Waals surface area contributed by atoms with Crippen LogP contribution < -0.4 is 5.73 Å². The first-order valence-electron chi connectivity index (χ1n) is 13.9. The lowest BCUT2D eigenvalue weighted by Gasteiger charge is -2.74. The van der Waals surface area contributed by atoms with Crippen LogP contribution in [0.4, 0.5) is 0 Å². The van der Waals surface area contributed by atoms with E-state index in [4.69, 9.17) is 5.73 Å². The third kappa shape index (κ3) is 2.40. The fourth-order valence-electron chi connectivity index (χ4n) is 11.0. The Morgan fingerprint density at radius 2 is 1.47 bits per heavy atom. The van der Waals surface area contributed by atoms with Crippen molar-refractivity contribution in [1.29, 1.82) is 0 Å². The van der Waals surface area contributed by atoms with Gasteiger partial charge in [0.15, 0.2) is 0 Å². The molecule has 2 heteroatoms. The molecule has 0 aromatic rings. The Hall–Kier alpha value is -0.340. The van der Waals surface area contributed by atoms with Gasteiger partial charge in [-0.2, -0.15) is 0 Å². The van der Waals surface area contributed by atoms with Gasteiger partial charge in [0.25, 0.3) is 0 Å². The lowest BCUT2D eigenvalue weighted by atomic mass is 9.32. The van der Waals surface area contributed by atoms with Gasteiger partial charge in [0, 0.05) is 5.54 Å². The largest absolute Gasteiger partial charge is 0.393 e. The highest BCUT2D eigenvalue weighted by Crippen LogP contribution is 2.75. The van der Waals surface area contributed by atoms with E-state index in [1.807, 2.05) is 5.57 Å². The molecule has 0 saturated heterocycles. The Kier molecular flexibility index (Phi) is 4.87. The van der Waals surface area contributed by atoms with Crippen LogP contribution in [0.3, 0.4) is 0 Å². The molecular weight excluding hydrogens is 390 g/mol. The van der Waals surface area contributed by atoms with Crippen molar-refractivity contribution in [2.24, 2.45) is 50.6 Å². The molecule has 182 valence electrons. The van der Waals surface area contributed by atoms with E-state index < -0.39 is 0 Å². The van der Waals surface area contributed by atoms with Gasteiger partial charge in [0.2, 0.25) is 0 Å². The smallest absolute Gasteiger partial charge is 0.0594 e. The molecule has 0 amide bonds. The second-order valence-electron chi connectivity index (χ2n) is 14.7. The number of nitrogens with two attached hydrogens (primary N) is 1. The second kappa shape index (κ2) is 6.66. The summed E-state index contributed by atoms with van der Waals surface area (Å²) in [5.41, 5.74) is 12.2. The summed E-state index contributed by atoms with van der Waals surface area (Å²) in [5, 5.41) is 10.9. The maximum atomic E-state index is 10.9. The van der Waals surface area contributed by atoms with Crippen molar-refractivity contribution in [2.45, 2.75) is 131 Å². The van der Waals surface area contributed by atoms with Gasteiger partial charge in [0.1, 0.15) is 0 Å². The minimum Gasteiger partial charge on any atom is -0.393 e. The number of hydrogen-bond donors (Lipinski definition) is 2. The molecule has 0 bridgehead atoms. The monoisotopic (exact) mass is 441 g/mol. The van der Waals surface area contributed by atoms with Crippen LogP contribution in [0.2, 0.25) is 0 Å². The van der Waals surface area contributed by atoms with Crippen molar-refractivity contribution in [3.63, 3.8) is 0 Å². The fourth-order valence-corrected chi connectivity index (χ4v) is 11.0. The summed E-state index contributed by atoms with van der Waals surface area (Å²) in [6, 6.07) is 0. The van der Waals surface area contributed by atoms with Crippen molar-refractivity contribution in [1.82, 2.24) is 0 Å². The predicted molar refractivity (Wildman–Crippen MR) is 134 cm³/mol. The van der Waals surface area contributed by atoms with Gasteiger partial charge in [-0.25, -0.2) is 0 Å². The summed E-state index contributed by atoms with van der Waals surface area (Å²) in [6.07, 6.45) is 12.2. The molecule has 7 unspecified atom stereocenters. The normalized spacial score (nSPS) is 57.2. The quantitative estimate of drug-likeness (QED) is 0.389. The molecule has 0 heterocycles. The number of aliphatic hydroxyl groups is 1. The van der Waals surface area contributed by atoms with Crippen LogP contribution in [0.25, 0.3) is 0 Å². The molecule has 3 saturated carbocycles. The number of fused-ring (bicyclic) bond motifs is 6. The van der Waals surface area contributed by atoms with Gasteiger partial charge in [-0.1, -0.05) is 66.5 Å². The molecule has 5 aliphatic rings. The van der Waals surface area contributed by atoms with Crippen LogP contribution >= 0.6 is 0 Å². The van der Waals surface area contributed by atoms with Crippen LogP contribution in [0.5, 0.6) is 0 Å². The molecule has 0 aliphatic heterocycles. The van der Waals surface area contributed by atoms with Crippen LogP contribution in [-0.4, -0.2) is 16.7 Å². The van der Waals surface area contributed by atoms with Gasteiger partial charge >= 0.3 is 0 Å². The Morgan fingerprint density at radius 3 is 2.16 bits per heavy atom. The molecular formula is C30H51NO. The Balaban J connectivity index is 1.65. The van der Waals surface area contributed by atoms with Crippen LogP contribution in [0.15, 0.2) is 11.1 Å². The highest BCUT2D eigenvalue weighted by Gasteiger charge is 2.72. The molecule has 3 fully saturated rings. The zero-order valence-electron chi connectivity index (χ0n) is 22.4. The molecule has 5 aliphatic carbocycles. The first kappa shape index (κ1) is 23.4. The maximum Gasteiger partial charge on any atom is 0.0594 e. The van der Waals surface area contributed by atoms with Crippen molar-refractivity contribution in [3.05, 3.63) is 11.1 Å². The Morgan fingerprint density at radius 1 is 0.781 bits per heavy atom. The minimum absolute atomic E-state index is 0.0146. The Labute approximate surface area is 198 Å². The van der Waals surface area contributed by atoms with Crippen LogP contribution in [-0.2, 0) is 0 Å². The average molecular weight is 442 g/mol. The standard InChI is InChI=1S/C30H51NO/c1-19-11-14-26(5)17-18-28(7)22-9-10-23-25(3,4)24(32)13-15-27(23,6)21(22)12-16-29(28,8)30(26,31)20(19)2/h19-20,23-24,32H,9-18,31H2,1-8H3/t19-,20?,23?,24?,26?,27?,28?,29-,30?/m1/s1. The van der Waals surface area contributed by atoms with Crippen molar-refractivity contribution >= 4 is 0 Å². The third-order valence-corrected chi connectivity index (χ3v) is 13.8. The molecule has 3 N–H and O–H groups in total. The van der Waals surface area contributed by atoms with E-state index in [0.29, 0.717) is 11.8 Å². The summed E-state index contributed by atoms with van der Waals surface area (Å²) in [4.78, 5) is 0. The zero-order valence-corrected chi connectivity index (χ0v) is 22.4. The molecule has 0 aromatic heterocycles. The summed E-state index contributed by atoms with van der Waals surface area (Å²) in [5.74, 6) is 1.89. The first-order chi connectivity index (χ1) is 14.7. The van der Waals surface area contributed by atoms with Gasteiger partial charge in [0.05, 0.1) is 6.10 Å². The van der Waals surface area contributed by atoms with E-state index in [1.54, 1.807) is 5.57 Å². The van der Waals surface area contributed by atoms with Crippen LogP contribution in [0, 0.1) is 44.8 Å². The van der Waals surface area contributed by atoms with Gasteiger partial charge in [-0.3, -0.25) is 0 Å². The lowest BCUT2D eigenvalue weighted by molar-refractivity contribution is -0.183. The number of allylic oxidation sites excluding steroid dienone is 2. The third-order valence-electron chi connectivity index (χ3n) is 13.8. The molecule has 9 atom stereocenters. The first-order valence-corrected chi connectivity index (χ1v) is 13.9. The highest BCUT2D eigenvalue weighted by molar-refractivity contribution is 5.41. The molecule has 5 rings (SSSR count). The predicted octanol–water partition coefficient (Wildman–Crippen LogP) is 7.25. The van der Waals surface area contributed by atoms with Gasteiger partial charge in [-0.05, 0) is 109 Å². The summed E-state index contributed by atoms with van der Waals surface area (Å²) >= 11 is 0. The number of rotatable bonds is 0. The molecule has 2 nitrogen and oxygen atoms in total. The SMILES string of the molecule is CC1[C@H](C)CCC2(C)CCC3(C)C4=C(CC[C@@]3(C)C12N)C1(C)CCC(O)C(C)(C)C1CC4. The van der Waals surface area contributed by atoms with Crippen molar-refractivity contribution < 1.29 is 5.11 Å². The van der Waals surface area contributed by atoms with Crippen molar-refractivity contribution in [2.75, 3.05) is 0 Å². The summed E-state index contributed by atoms with van der Waals surface area (Å²) in [7, 11) is 0. The second-order valence-corrected chi connectivity index (χ2v) is 14.7. The topological polar surface area (TPSA) is 46.2 Å². The molecule has 0 spiro atoms. The molecule has 0 radical (unpaired) electrons. The van der Waals surface area contributed by atoms with Crippen LogP contribution in [0.1, 0.15) is 120 Å². The van der Waals surface area contributed by atoms with E-state index in [1.165, 1.54) is 51.4 Å². The van der Waals surface area contributed by atoms with Crippen molar-refractivity contribution in [3.8, 4) is 0 Å². The maximum absolute atomic E-state index is 10.9. The van der Waals surface area contributed by atoms with E-state index in [9.17, 15) is 5.11 Å².